The van der Waals surface area contributed by atoms with Crippen molar-refractivity contribution in [3.63, 3.8) is 0 Å². The molecule has 0 heterocycles. The highest BCUT2D eigenvalue weighted by molar-refractivity contribution is 14.0. The van der Waals surface area contributed by atoms with Gasteiger partial charge >= 0.3 is 0 Å². The molecule has 0 fully saturated rings. The van der Waals surface area contributed by atoms with E-state index in [-0.39, 0.29) is 36.5 Å². The molecule has 0 unspecified atom stereocenters. The van der Waals surface area contributed by atoms with Crippen LogP contribution in [-0.2, 0) is 17.9 Å². The third-order valence-corrected chi connectivity index (χ3v) is 4.47. The molecule has 1 N–H and O–H groups in total. The number of guanidine groups is 1. The lowest BCUT2D eigenvalue weighted by Crippen LogP contribution is -2.38. The van der Waals surface area contributed by atoms with Gasteiger partial charge in [-0.15, -0.1) is 24.0 Å². The third kappa shape index (κ3) is 8.64. The van der Waals surface area contributed by atoms with Crippen LogP contribution in [0.25, 0.3) is 0 Å². The fourth-order valence-electron chi connectivity index (χ4n) is 2.81. The van der Waals surface area contributed by atoms with E-state index in [0.29, 0.717) is 18.8 Å². The first-order valence-corrected chi connectivity index (χ1v) is 9.97. The molecule has 7 nitrogen and oxygen atoms in total. The molecule has 0 aliphatic carbocycles. The van der Waals surface area contributed by atoms with Gasteiger partial charge in [0.2, 0.25) is 0 Å². The van der Waals surface area contributed by atoms with Crippen molar-refractivity contribution >= 4 is 35.8 Å². The lowest BCUT2D eigenvalue weighted by Gasteiger charge is -2.23. The van der Waals surface area contributed by atoms with Gasteiger partial charge < -0.3 is 24.6 Å². The Hall–Kier alpha value is -2.49. The lowest BCUT2D eigenvalue weighted by atomic mass is 10.2. The standard InChI is InChI=1S/C23H32N4O3.HI/c1-6-24-23(27(4)16-19-11-7-8-13-21(19)29-5)25-15-18-10-9-12-20(14-18)30-17-22(28)26(2)3;/h7-14H,6,15-17H2,1-5H3,(H,24,25);1H. The Kier molecular flexibility index (Phi) is 11.8. The molecule has 8 heteroatoms. The van der Waals surface area contributed by atoms with Gasteiger partial charge in [-0.25, -0.2) is 4.99 Å². The number of para-hydroxylation sites is 1. The number of carbonyl (C=O) groups is 1. The van der Waals surface area contributed by atoms with Gasteiger partial charge in [-0.1, -0.05) is 30.3 Å². The molecule has 0 saturated carbocycles. The zero-order chi connectivity index (χ0) is 21.9. The van der Waals surface area contributed by atoms with E-state index in [1.807, 2.05) is 56.4 Å². The molecule has 2 rings (SSSR count). The summed E-state index contributed by atoms with van der Waals surface area (Å²) in [6, 6.07) is 15.6. The van der Waals surface area contributed by atoms with Crippen molar-refractivity contribution in [1.29, 1.82) is 0 Å². The molecule has 0 bridgehead atoms. The van der Waals surface area contributed by atoms with Crippen molar-refractivity contribution in [3.8, 4) is 11.5 Å². The highest BCUT2D eigenvalue weighted by Crippen LogP contribution is 2.19. The number of benzene rings is 2. The van der Waals surface area contributed by atoms with Crippen LogP contribution in [0.3, 0.4) is 0 Å². The molecule has 0 aliphatic rings. The number of nitrogens with zero attached hydrogens (tertiary/aromatic N) is 3. The van der Waals surface area contributed by atoms with E-state index >= 15 is 0 Å². The molecule has 2 aromatic rings. The van der Waals surface area contributed by atoms with Crippen molar-refractivity contribution in [1.82, 2.24) is 15.1 Å². The van der Waals surface area contributed by atoms with Gasteiger partial charge in [0.05, 0.1) is 13.7 Å². The summed E-state index contributed by atoms with van der Waals surface area (Å²) < 4.78 is 11.1. The number of halogens is 1. The van der Waals surface area contributed by atoms with Gasteiger partial charge in [0.25, 0.3) is 5.91 Å². The second-order valence-electron chi connectivity index (χ2n) is 7.06. The molecule has 0 spiro atoms. The van der Waals surface area contributed by atoms with Crippen LogP contribution < -0.4 is 14.8 Å². The maximum atomic E-state index is 11.7. The minimum absolute atomic E-state index is 0. The van der Waals surface area contributed by atoms with E-state index in [9.17, 15) is 4.79 Å². The average molecular weight is 540 g/mol. The second-order valence-corrected chi connectivity index (χ2v) is 7.06. The summed E-state index contributed by atoms with van der Waals surface area (Å²) in [5.74, 6) is 2.24. The minimum Gasteiger partial charge on any atom is -0.496 e. The highest BCUT2D eigenvalue weighted by atomic mass is 127. The minimum atomic E-state index is -0.0779. The Bertz CT molecular complexity index is 858. The number of rotatable bonds is 9. The number of hydrogen-bond acceptors (Lipinski definition) is 4. The first-order valence-electron chi connectivity index (χ1n) is 9.97. The first-order chi connectivity index (χ1) is 14.4. The number of aliphatic imine (C=N–C) groups is 1. The number of carbonyl (C=O) groups excluding carboxylic acids is 1. The maximum Gasteiger partial charge on any atom is 0.259 e. The van der Waals surface area contributed by atoms with E-state index in [4.69, 9.17) is 14.5 Å². The molecule has 0 aliphatic heterocycles. The normalized spacial score (nSPS) is 10.7. The van der Waals surface area contributed by atoms with Crippen LogP contribution in [0.4, 0.5) is 0 Å². The Morgan fingerprint density at radius 1 is 1.10 bits per heavy atom. The van der Waals surface area contributed by atoms with Crippen molar-refractivity contribution in [2.45, 2.75) is 20.0 Å². The van der Waals surface area contributed by atoms with Crippen LogP contribution in [0, 0.1) is 0 Å². The molecular formula is C23H33IN4O3. The lowest BCUT2D eigenvalue weighted by molar-refractivity contribution is -0.130. The van der Waals surface area contributed by atoms with Crippen molar-refractivity contribution in [2.75, 3.05) is 41.4 Å². The molecule has 0 aromatic heterocycles. The van der Waals surface area contributed by atoms with Gasteiger partial charge in [0.1, 0.15) is 11.5 Å². The van der Waals surface area contributed by atoms with Crippen molar-refractivity contribution in [3.05, 3.63) is 59.7 Å². The Labute approximate surface area is 202 Å². The number of likely N-dealkylation sites (N-methyl/N-ethyl adjacent to an activating group) is 1. The zero-order valence-electron chi connectivity index (χ0n) is 18.9. The molecule has 31 heavy (non-hydrogen) atoms. The van der Waals surface area contributed by atoms with E-state index < -0.39 is 0 Å². The molecular weight excluding hydrogens is 507 g/mol. The second kappa shape index (κ2) is 13.7. The molecule has 0 atom stereocenters. The predicted octanol–water partition coefficient (Wildman–Crippen LogP) is 3.38. The van der Waals surface area contributed by atoms with Gasteiger partial charge in [0, 0.05) is 39.8 Å². The topological polar surface area (TPSA) is 66.4 Å². The number of hydrogen-bond donors (Lipinski definition) is 1. The van der Waals surface area contributed by atoms with E-state index in [1.54, 1.807) is 21.2 Å². The fourth-order valence-corrected chi connectivity index (χ4v) is 2.81. The monoisotopic (exact) mass is 540 g/mol. The maximum absolute atomic E-state index is 11.7. The quantitative estimate of drug-likeness (QED) is 0.300. The number of nitrogens with one attached hydrogen (secondary N) is 1. The largest absolute Gasteiger partial charge is 0.496 e. The van der Waals surface area contributed by atoms with Gasteiger partial charge in [-0.2, -0.15) is 0 Å². The van der Waals surface area contributed by atoms with Gasteiger partial charge in [0.15, 0.2) is 12.6 Å². The SMILES string of the molecule is CCNC(=NCc1cccc(OCC(=O)N(C)C)c1)N(C)Cc1ccccc1OC.I. The van der Waals surface area contributed by atoms with E-state index in [0.717, 1.165) is 29.4 Å². The van der Waals surface area contributed by atoms with Crippen LogP contribution in [0.5, 0.6) is 11.5 Å². The Balaban J connectivity index is 0.00000480. The highest BCUT2D eigenvalue weighted by Gasteiger charge is 2.10. The summed E-state index contributed by atoms with van der Waals surface area (Å²) in [6.45, 7) is 4.00. The fraction of sp³-hybridized carbons (Fsp3) is 0.391. The summed E-state index contributed by atoms with van der Waals surface area (Å²) in [5, 5.41) is 3.33. The summed E-state index contributed by atoms with van der Waals surface area (Å²) in [5.41, 5.74) is 2.10. The van der Waals surface area contributed by atoms with Gasteiger partial charge in [-0.05, 0) is 30.7 Å². The number of amides is 1. The smallest absolute Gasteiger partial charge is 0.259 e. The van der Waals surface area contributed by atoms with Crippen LogP contribution in [0.15, 0.2) is 53.5 Å². The zero-order valence-corrected chi connectivity index (χ0v) is 21.3. The number of methoxy groups -OCH3 is 1. The number of ether oxygens (including phenoxy) is 2. The van der Waals surface area contributed by atoms with Gasteiger partial charge in [-0.3, -0.25) is 4.79 Å². The molecule has 1 amide bonds. The molecule has 0 saturated heterocycles. The summed E-state index contributed by atoms with van der Waals surface area (Å²) in [4.78, 5) is 20.1. The van der Waals surface area contributed by atoms with Crippen molar-refractivity contribution in [2.24, 2.45) is 4.99 Å². The van der Waals surface area contributed by atoms with Crippen LogP contribution in [0.2, 0.25) is 0 Å². The van der Waals surface area contributed by atoms with Crippen molar-refractivity contribution < 1.29 is 14.3 Å². The van der Waals surface area contributed by atoms with E-state index in [2.05, 4.69) is 16.3 Å². The summed E-state index contributed by atoms with van der Waals surface area (Å²) in [6.07, 6.45) is 0. The predicted molar refractivity (Wildman–Crippen MR) is 135 cm³/mol. The average Bonchev–Trinajstić information content (AvgIpc) is 2.75. The van der Waals surface area contributed by atoms with Crippen LogP contribution in [0.1, 0.15) is 18.1 Å². The molecule has 170 valence electrons. The van der Waals surface area contributed by atoms with Crippen LogP contribution >= 0.6 is 24.0 Å². The first kappa shape index (κ1) is 26.5. The Morgan fingerprint density at radius 3 is 2.52 bits per heavy atom. The van der Waals surface area contributed by atoms with Crippen LogP contribution in [-0.4, -0.2) is 63.1 Å². The summed E-state index contributed by atoms with van der Waals surface area (Å²) in [7, 11) is 7.10. The summed E-state index contributed by atoms with van der Waals surface area (Å²) >= 11 is 0. The third-order valence-electron chi connectivity index (χ3n) is 4.47. The van der Waals surface area contributed by atoms with E-state index in [1.165, 1.54) is 4.90 Å². The Morgan fingerprint density at radius 2 is 1.84 bits per heavy atom. The molecule has 0 radical (unpaired) electrons. The molecule has 2 aromatic carbocycles.